The molecule has 1 aliphatic heterocycles. The average Bonchev–Trinajstić information content (AvgIpc) is 2.07. The van der Waals surface area contributed by atoms with Crippen molar-refractivity contribution in [1.29, 1.82) is 0 Å². The Morgan fingerprint density at radius 2 is 2.33 bits per heavy atom. The molecule has 0 radical (unpaired) electrons. The Morgan fingerprint density at radius 3 is 2.92 bits per heavy atom. The minimum absolute atomic E-state index is 0. The highest BCUT2D eigenvalue weighted by molar-refractivity contribution is 5.85. The zero-order valence-corrected chi connectivity index (χ0v) is 7.59. The fourth-order valence-electron chi connectivity index (χ4n) is 0.895. The molecule has 1 aliphatic rings. The predicted octanol–water partition coefficient (Wildman–Crippen LogP) is 0.189. The number of nitrogens with one attached hydrogen (secondary N) is 1. The molecule has 1 heterocycles. The second-order valence-electron chi connectivity index (χ2n) is 2.23. The summed E-state index contributed by atoms with van der Waals surface area (Å²) in [6.45, 7) is 2.39. The molecule has 0 aliphatic carbocycles. The van der Waals surface area contributed by atoms with Crippen molar-refractivity contribution in [2.75, 3.05) is 19.7 Å². The molecule has 0 unspecified atom stereocenters. The van der Waals surface area contributed by atoms with E-state index in [1.54, 1.807) is 0 Å². The molecule has 0 spiro atoms. The van der Waals surface area contributed by atoms with Gasteiger partial charge in [-0.05, 0) is 12.3 Å². The van der Waals surface area contributed by atoms with Crippen LogP contribution >= 0.6 is 12.4 Å². The molecule has 4 nitrogen and oxygen atoms in total. The first-order chi connectivity index (χ1) is 5.43. The Morgan fingerprint density at radius 1 is 1.50 bits per heavy atom. The molecular formula is C7H14ClN3O. The van der Waals surface area contributed by atoms with Crippen molar-refractivity contribution in [2.45, 2.75) is 0 Å². The minimum Gasteiger partial charge on any atom is -0.371 e. The van der Waals surface area contributed by atoms with Crippen LogP contribution in [0.4, 0.5) is 0 Å². The zero-order chi connectivity index (χ0) is 7.94. The second-order valence-corrected chi connectivity index (χ2v) is 2.23. The van der Waals surface area contributed by atoms with Gasteiger partial charge in [-0.3, -0.25) is 4.84 Å². The lowest BCUT2D eigenvalue weighted by Crippen LogP contribution is -2.29. The SMILES string of the molecule is Cl.NNOCCN1C=CC=CC1. The van der Waals surface area contributed by atoms with Crippen LogP contribution in [0, 0.1) is 0 Å². The molecular weight excluding hydrogens is 178 g/mol. The summed E-state index contributed by atoms with van der Waals surface area (Å²) in [5.74, 6) is 4.92. The van der Waals surface area contributed by atoms with E-state index in [2.05, 4.69) is 16.6 Å². The Balaban J connectivity index is 0.00000121. The second kappa shape index (κ2) is 7.12. The zero-order valence-electron chi connectivity index (χ0n) is 6.77. The quantitative estimate of drug-likeness (QED) is 0.379. The molecule has 70 valence electrons. The number of hydrogen-bond donors (Lipinski definition) is 2. The first-order valence-corrected chi connectivity index (χ1v) is 3.58. The van der Waals surface area contributed by atoms with Crippen LogP contribution in [0.1, 0.15) is 0 Å². The highest BCUT2D eigenvalue weighted by Gasteiger charge is 1.97. The Kier molecular flexibility index (Phi) is 6.79. The molecule has 0 fully saturated rings. The standard InChI is InChI=1S/C7H13N3O.ClH/c8-9-11-7-6-10-4-2-1-3-5-10;/h1-4,9H,5-8H2;1H. The smallest absolute Gasteiger partial charge is 0.0873 e. The molecule has 0 aromatic heterocycles. The van der Waals surface area contributed by atoms with E-state index in [9.17, 15) is 0 Å². The van der Waals surface area contributed by atoms with Gasteiger partial charge in [-0.2, -0.15) is 0 Å². The maximum absolute atomic E-state index is 4.92. The number of hydrazine groups is 1. The van der Waals surface area contributed by atoms with Gasteiger partial charge in [0.2, 0.25) is 0 Å². The van der Waals surface area contributed by atoms with Crippen LogP contribution in [-0.4, -0.2) is 24.6 Å². The van der Waals surface area contributed by atoms with Crippen molar-refractivity contribution in [3.63, 3.8) is 0 Å². The molecule has 12 heavy (non-hydrogen) atoms. The molecule has 3 N–H and O–H groups in total. The largest absolute Gasteiger partial charge is 0.371 e. The first kappa shape index (κ1) is 11.4. The van der Waals surface area contributed by atoms with Crippen molar-refractivity contribution in [1.82, 2.24) is 10.5 Å². The molecule has 5 heteroatoms. The van der Waals surface area contributed by atoms with E-state index in [4.69, 9.17) is 10.7 Å². The Labute approximate surface area is 78.4 Å². The summed E-state index contributed by atoms with van der Waals surface area (Å²) in [5.41, 5.74) is 2.14. The number of rotatable bonds is 4. The van der Waals surface area contributed by atoms with Crippen LogP contribution in [0.5, 0.6) is 0 Å². The van der Waals surface area contributed by atoms with Crippen molar-refractivity contribution in [3.8, 4) is 0 Å². The van der Waals surface area contributed by atoms with Gasteiger partial charge in [0.1, 0.15) is 0 Å². The average molecular weight is 192 g/mol. The van der Waals surface area contributed by atoms with E-state index in [-0.39, 0.29) is 12.4 Å². The Hall–Kier alpha value is -0.550. The lowest BCUT2D eigenvalue weighted by molar-refractivity contribution is 0.0330. The van der Waals surface area contributed by atoms with Gasteiger partial charge in [-0.25, -0.2) is 5.84 Å². The van der Waals surface area contributed by atoms with E-state index in [0.29, 0.717) is 6.61 Å². The number of nitrogens with two attached hydrogens (primary N) is 1. The van der Waals surface area contributed by atoms with E-state index >= 15 is 0 Å². The van der Waals surface area contributed by atoms with E-state index < -0.39 is 0 Å². The molecule has 0 amide bonds. The molecule has 0 aromatic carbocycles. The number of nitrogens with zero attached hydrogens (tertiary/aromatic N) is 1. The van der Waals surface area contributed by atoms with E-state index in [0.717, 1.165) is 13.1 Å². The summed E-state index contributed by atoms with van der Waals surface area (Å²) < 4.78 is 0. The van der Waals surface area contributed by atoms with Gasteiger partial charge in [0.05, 0.1) is 6.61 Å². The van der Waals surface area contributed by atoms with Gasteiger partial charge in [0, 0.05) is 13.1 Å². The number of hydrogen-bond acceptors (Lipinski definition) is 4. The first-order valence-electron chi connectivity index (χ1n) is 3.58. The molecule has 0 bridgehead atoms. The highest BCUT2D eigenvalue weighted by Crippen LogP contribution is 1.96. The summed E-state index contributed by atoms with van der Waals surface area (Å²) in [5, 5.41) is 0. The third kappa shape index (κ3) is 4.35. The topological polar surface area (TPSA) is 50.5 Å². The molecule has 0 saturated heterocycles. The van der Waals surface area contributed by atoms with Crippen LogP contribution < -0.4 is 11.4 Å². The van der Waals surface area contributed by atoms with Gasteiger partial charge >= 0.3 is 0 Å². The molecule has 1 rings (SSSR count). The lowest BCUT2D eigenvalue weighted by Gasteiger charge is -2.19. The molecule has 0 saturated carbocycles. The highest BCUT2D eigenvalue weighted by atomic mass is 35.5. The molecule has 0 aromatic rings. The summed E-state index contributed by atoms with van der Waals surface area (Å²) in [4.78, 5) is 6.90. The lowest BCUT2D eigenvalue weighted by atomic mass is 10.3. The summed E-state index contributed by atoms with van der Waals surface area (Å²) in [7, 11) is 0. The Bertz CT molecular complexity index is 161. The van der Waals surface area contributed by atoms with Crippen LogP contribution in [0.15, 0.2) is 24.4 Å². The normalized spacial score (nSPS) is 14.6. The van der Waals surface area contributed by atoms with Crippen LogP contribution in [0.25, 0.3) is 0 Å². The fraction of sp³-hybridized carbons (Fsp3) is 0.429. The maximum Gasteiger partial charge on any atom is 0.0873 e. The maximum atomic E-state index is 4.92. The van der Waals surface area contributed by atoms with Crippen molar-refractivity contribution in [3.05, 3.63) is 24.4 Å². The summed E-state index contributed by atoms with van der Waals surface area (Å²) in [6, 6.07) is 0. The van der Waals surface area contributed by atoms with Gasteiger partial charge < -0.3 is 4.90 Å². The monoisotopic (exact) mass is 191 g/mol. The predicted molar refractivity (Wildman–Crippen MR) is 50.4 cm³/mol. The number of halogens is 1. The summed E-state index contributed by atoms with van der Waals surface area (Å²) in [6.07, 6.45) is 8.15. The fourth-order valence-corrected chi connectivity index (χ4v) is 0.895. The van der Waals surface area contributed by atoms with Gasteiger partial charge in [-0.15, -0.1) is 18.0 Å². The third-order valence-electron chi connectivity index (χ3n) is 1.45. The third-order valence-corrected chi connectivity index (χ3v) is 1.45. The van der Waals surface area contributed by atoms with Crippen molar-refractivity contribution < 1.29 is 4.84 Å². The van der Waals surface area contributed by atoms with Gasteiger partial charge in [0.25, 0.3) is 0 Å². The molecule has 0 atom stereocenters. The van der Waals surface area contributed by atoms with Crippen LogP contribution in [-0.2, 0) is 4.84 Å². The van der Waals surface area contributed by atoms with Crippen LogP contribution in [0.2, 0.25) is 0 Å². The van der Waals surface area contributed by atoms with Gasteiger partial charge in [-0.1, -0.05) is 12.2 Å². The van der Waals surface area contributed by atoms with E-state index in [1.165, 1.54) is 0 Å². The van der Waals surface area contributed by atoms with Crippen LogP contribution in [0.3, 0.4) is 0 Å². The summed E-state index contributed by atoms with van der Waals surface area (Å²) >= 11 is 0. The number of allylic oxidation sites excluding steroid dienone is 2. The van der Waals surface area contributed by atoms with Gasteiger partial charge in [0.15, 0.2) is 0 Å². The van der Waals surface area contributed by atoms with E-state index in [1.807, 2.05) is 18.4 Å². The minimum atomic E-state index is 0. The van der Waals surface area contributed by atoms with Crippen molar-refractivity contribution in [2.24, 2.45) is 5.84 Å². The van der Waals surface area contributed by atoms with Crippen molar-refractivity contribution >= 4 is 12.4 Å².